The molecule has 2 aromatic rings. The molecule has 1 atom stereocenters. The molecular weight excluding hydrogens is 316 g/mol. The van der Waals surface area contributed by atoms with Gasteiger partial charge in [0, 0.05) is 13.6 Å². The van der Waals surface area contributed by atoms with E-state index in [2.05, 4.69) is 5.32 Å². The summed E-state index contributed by atoms with van der Waals surface area (Å²) in [7, 11) is 1.66. The van der Waals surface area contributed by atoms with Gasteiger partial charge in [0.15, 0.2) is 0 Å². The lowest BCUT2D eigenvalue weighted by molar-refractivity contribution is 0.0181. The molecule has 0 aromatic heterocycles. The maximum atomic E-state index is 12.0. The molecule has 0 radical (unpaired) electrons. The van der Waals surface area contributed by atoms with Gasteiger partial charge in [-0.25, -0.2) is 4.79 Å². The molecule has 0 bridgehead atoms. The van der Waals surface area contributed by atoms with E-state index >= 15 is 0 Å². The Morgan fingerprint density at radius 3 is 2.32 bits per heavy atom. The van der Waals surface area contributed by atoms with Crippen molar-refractivity contribution in [1.82, 2.24) is 10.2 Å². The Labute approximate surface area is 149 Å². The van der Waals surface area contributed by atoms with Gasteiger partial charge in [-0.1, -0.05) is 60.7 Å². The van der Waals surface area contributed by atoms with Crippen molar-refractivity contribution in [2.24, 2.45) is 0 Å². The van der Waals surface area contributed by atoms with Crippen LogP contribution >= 0.6 is 0 Å². The number of carbonyl (C=O) groups excluding carboxylic acids is 1. The molecule has 5 heteroatoms. The van der Waals surface area contributed by atoms with Crippen LogP contribution in [0.1, 0.15) is 11.1 Å². The molecule has 25 heavy (non-hydrogen) atoms. The summed E-state index contributed by atoms with van der Waals surface area (Å²) in [6.07, 6.45) is 0.0666. The van der Waals surface area contributed by atoms with E-state index in [4.69, 9.17) is 4.74 Å². The molecule has 0 saturated heterocycles. The summed E-state index contributed by atoms with van der Waals surface area (Å²) in [6, 6.07) is 19.6. The number of benzene rings is 2. The van der Waals surface area contributed by atoms with Crippen LogP contribution < -0.4 is 5.32 Å². The Morgan fingerprint density at radius 2 is 1.68 bits per heavy atom. The van der Waals surface area contributed by atoms with Gasteiger partial charge in [0.05, 0.1) is 25.9 Å². The van der Waals surface area contributed by atoms with Crippen molar-refractivity contribution >= 4 is 6.03 Å². The number of nitrogens with zero attached hydrogens (tertiary/aromatic N) is 1. The maximum Gasteiger partial charge on any atom is 0.317 e. The Hall–Kier alpha value is -2.37. The summed E-state index contributed by atoms with van der Waals surface area (Å²) < 4.78 is 5.49. The van der Waals surface area contributed by atoms with Crippen molar-refractivity contribution in [2.45, 2.75) is 19.1 Å². The van der Waals surface area contributed by atoms with Crippen molar-refractivity contribution in [1.29, 1.82) is 0 Å². The summed E-state index contributed by atoms with van der Waals surface area (Å²) in [4.78, 5) is 13.5. The number of amides is 2. The molecule has 2 aromatic carbocycles. The molecule has 5 nitrogen and oxygen atoms in total. The number of aliphatic hydroxyl groups is 1. The summed E-state index contributed by atoms with van der Waals surface area (Å²) in [5.41, 5.74) is 2.24. The predicted octanol–water partition coefficient (Wildman–Crippen LogP) is 2.45. The molecule has 0 saturated carbocycles. The van der Waals surface area contributed by atoms with Crippen LogP contribution in [0.3, 0.4) is 0 Å². The highest BCUT2D eigenvalue weighted by molar-refractivity contribution is 5.73. The van der Waals surface area contributed by atoms with Crippen LogP contribution in [0.4, 0.5) is 4.79 Å². The number of aliphatic hydroxyl groups excluding tert-OH is 1. The number of likely N-dealkylation sites (N-methyl/N-ethyl adjacent to an activating group) is 1. The van der Waals surface area contributed by atoms with Gasteiger partial charge in [-0.15, -0.1) is 0 Å². The van der Waals surface area contributed by atoms with E-state index in [9.17, 15) is 9.90 Å². The van der Waals surface area contributed by atoms with E-state index in [0.717, 1.165) is 12.0 Å². The second-order valence-electron chi connectivity index (χ2n) is 6.00. The zero-order valence-electron chi connectivity index (χ0n) is 14.6. The first kappa shape index (κ1) is 19.0. The van der Waals surface area contributed by atoms with Crippen LogP contribution in [0.2, 0.25) is 0 Å². The minimum Gasteiger partial charge on any atom is -0.389 e. The Morgan fingerprint density at radius 1 is 1.08 bits per heavy atom. The number of ether oxygens (including phenoxy) is 1. The highest BCUT2D eigenvalue weighted by atomic mass is 16.5. The van der Waals surface area contributed by atoms with Gasteiger partial charge >= 0.3 is 6.03 Å². The molecule has 0 heterocycles. The largest absolute Gasteiger partial charge is 0.389 e. The van der Waals surface area contributed by atoms with Gasteiger partial charge in [0.2, 0.25) is 0 Å². The standard InChI is InChI=1S/C20H26N2O3/c1-22(20(24)21-13-12-17-8-4-2-5-9-17)14-19(23)16-25-15-18-10-6-3-7-11-18/h2-11,19,23H,12-16H2,1H3,(H,21,24). The van der Waals surface area contributed by atoms with Crippen molar-refractivity contribution < 1.29 is 14.6 Å². The first-order valence-corrected chi connectivity index (χ1v) is 8.48. The lowest BCUT2D eigenvalue weighted by atomic mass is 10.1. The summed E-state index contributed by atoms with van der Waals surface area (Å²) in [5.74, 6) is 0. The van der Waals surface area contributed by atoms with Crippen molar-refractivity contribution in [3.63, 3.8) is 0 Å². The fourth-order valence-corrected chi connectivity index (χ4v) is 2.43. The normalized spacial score (nSPS) is 11.8. The summed E-state index contributed by atoms with van der Waals surface area (Å²) in [5, 5.41) is 12.9. The summed E-state index contributed by atoms with van der Waals surface area (Å²) >= 11 is 0. The zero-order valence-corrected chi connectivity index (χ0v) is 14.6. The van der Waals surface area contributed by atoms with Gasteiger partial charge in [-0.2, -0.15) is 0 Å². The smallest absolute Gasteiger partial charge is 0.317 e. The third-order valence-corrected chi connectivity index (χ3v) is 3.79. The van der Waals surface area contributed by atoms with Crippen LogP contribution in [-0.2, 0) is 17.8 Å². The summed E-state index contributed by atoms with van der Waals surface area (Å²) in [6.45, 7) is 1.43. The van der Waals surface area contributed by atoms with Crippen molar-refractivity contribution in [3.05, 3.63) is 71.8 Å². The predicted molar refractivity (Wildman–Crippen MR) is 98.3 cm³/mol. The second-order valence-corrected chi connectivity index (χ2v) is 6.00. The maximum absolute atomic E-state index is 12.0. The highest BCUT2D eigenvalue weighted by Crippen LogP contribution is 2.02. The third kappa shape index (κ3) is 7.37. The number of hydrogen-bond acceptors (Lipinski definition) is 3. The van der Waals surface area contributed by atoms with Gasteiger partial charge in [-0.3, -0.25) is 0 Å². The van der Waals surface area contributed by atoms with Crippen LogP contribution in [0, 0.1) is 0 Å². The molecular formula is C20H26N2O3. The molecule has 2 rings (SSSR count). The van der Waals surface area contributed by atoms with Gasteiger partial charge in [-0.05, 0) is 17.5 Å². The Balaban J connectivity index is 1.60. The third-order valence-electron chi connectivity index (χ3n) is 3.79. The zero-order chi connectivity index (χ0) is 17.9. The lowest BCUT2D eigenvalue weighted by Crippen LogP contribution is -2.42. The number of carbonyl (C=O) groups is 1. The fraction of sp³-hybridized carbons (Fsp3) is 0.350. The number of nitrogens with one attached hydrogen (secondary N) is 1. The SMILES string of the molecule is CN(CC(O)COCc1ccccc1)C(=O)NCCc1ccccc1. The van der Waals surface area contributed by atoms with Gasteiger partial charge in [0.1, 0.15) is 0 Å². The van der Waals surface area contributed by atoms with E-state index in [1.807, 2.05) is 60.7 Å². The molecule has 0 spiro atoms. The van der Waals surface area contributed by atoms with E-state index in [0.29, 0.717) is 13.2 Å². The number of hydrogen-bond donors (Lipinski definition) is 2. The molecule has 2 N–H and O–H groups in total. The Bertz CT molecular complexity index is 619. The van der Waals surface area contributed by atoms with Gasteiger partial charge < -0.3 is 20.1 Å². The first-order valence-electron chi connectivity index (χ1n) is 8.48. The molecule has 0 fully saturated rings. The average Bonchev–Trinajstić information content (AvgIpc) is 2.63. The quantitative estimate of drug-likeness (QED) is 0.736. The first-order chi connectivity index (χ1) is 12.1. The minimum absolute atomic E-state index is 0.191. The highest BCUT2D eigenvalue weighted by Gasteiger charge is 2.13. The monoisotopic (exact) mass is 342 g/mol. The van der Waals surface area contributed by atoms with Crippen molar-refractivity contribution in [3.8, 4) is 0 Å². The Kier molecular flexibility index (Phi) is 7.95. The van der Waals surface area contributed by atoms with Crippen LogP contribution in [-0.4, -0.2) is 48.9 Å². The van der Waals surface area contributed by atoms with E-state index < -0.39 is 6.10 Å². The number of urea groups is 1. The molecule has 0 aliphatic heterocycles. The van der Waals surface area contributed by atoms with Gasteiger partial charge in [0.25, 0.3) is 0 Å². The van der Waals surface area contributed by atoms with Crippen LogP contribution in [0.5, 0.6) is 0 Å². The fourth-order valence-electron chi connectivity index (χ4n) is 2.43. The lowest BCUT2D eigenvalue weighted by Gasteiger charge is -2.21. The van der Waals surface area contributed by atoms with E-state index in [1.54, 1.807) is 7.05 Å². The second kappa shape index (κ2) is 10.5. The molecule has 1 unspecified atom stereocenters. The average molecular weight is 342 g/mol. The molecule has 2 amide bonds. The molecule has 0 aliphatic carbocycles. The number of rotatable bonds is 9. The molecule has 0 aliphatic rings. The van der Waals surface area contributed by atoms with E-state index in [-0.39, 0.29) is 19.2 Å². The van der Waals surface area contributed by atoms with Crippen molar-refractivity contribution in [2.75, 3.05) is 26.7 Å². The van der Waals surface area contributed by atoms with Crippen LogP contribution in [0.15, 0.2) is 60.7 Å². The van der Waals surface area contributed by atoms with Crippen LogP contribution in [0.25, 0.3) is 0 Å². The topological polar surface area (TPSA) is 61.8 Å². The van der Waals surface area contributed by atoms with E-state index in [1.165, 1.54) is 10.5 Å². The minimum atomic E-state index is -0.714. The molecule has 134 valence electrons.